The molecule has 5 nitrogen and oxygen atoms in total. The highest BCUT2D eigenvalue weighted by molar-refractivity contribution is 7.98. The van der Waals surface area contributed by atoms with Crippen LogP contribution in [0.15, 0.2) is 18.2 Å². The van der Waals surface area contributed by atoms with Crippen LogP contribution in [-0.4, -0.2) is 33.6 Å². The molecule has 2 N–H and O–H groups in total. The third-order valence-corrected chi connectivity index (χ3v) is 3.17. The molecular formula is C10H12FNO4S. The van der Waals surface area contributed by atoms with Crippen molar-refractivity contribution in [2.45, 2.75) is 11.9 Å². The van der Waals surface area contributed by atoms with Gasteiger partial charge in [0.25, 0.3) is 5.69 Å². The zero-order chi connectivity index (χ0) is 12.8. The van der Waals surface area contributed by atoms with E-state index in [4.69, 9.17) is 10.2 Å². The molecule has 0 radical (unpaired) electrons. The average molecular weight is 261 g/mol. The van der Waals surface area contributed by atoms with Crippen LogP contribution >= 0.6 is 11.8 Å². The fourth-order valence-corrected chi connectivity index (χ4v) is 2.20. The lowest BCUT2D eigenvalue weighted by molar-refractivity contribution is -0.385. The Balaban J connectivity index is 2.72. The molecule has 17 heavy (non-hydrogen) atoms. The standard InChI is InChI=1S/C10H12FNO4S/c11-9-2-1-3-10(12(15)16)8(9)6-17-5-7(14)4-13/h1-3,7,13-14H,4-6H2. The number of rotatable bonds is 6. The maximum absolute atomic E-state index is 13.4. The SMILES string of the molecule is O=[N+]([O-])c1cccc(F)c1CSCC(O)CO. The van der Waals surface area contributed by atoms with Gasteiger partial charge in [0, 0.05) is 17.6 Å². The molecule has 1 unspecified atom stereocenters. The fourth-order valence-electron chi connectivity index (χ4n) is 1.21. The first-order chi connectivity index (χ1) is 8.06. The zero-order valence-corrected chi connectivity index (χ0v) is 9.69. The summed E-state index contributed by atoms with van der Waals surface area (Å²) in [7, 11) is 0. The third-order valence-electron chi connectivity index (χ3n) is 2.06. The van der Waals surface area contributed by atoms with Crippen LogP contribution in [0.2, 0.25) is 0 Å². The smallest absolute Gasteiger partial charge is 0.276 e. The number of benzene rings is 1. The summed E-state index contributed by atoms with van der Waals surface area (Å²) >= 11 is 1.13. The molecular weight excluding hydrogens is 249 g/mol. The quantitative estimate of drug-likeness (QED) is 0.596. The van der Waals surface area contributed by atoms with Crippen LogP contribution in [0.25, 0.3) is 0 Å². The Morgan fingerprint density at radius 1 is 1.53 bits per heavy atom. The van der Waals surface area contributed by atoms with Gasteiger partial charge in [-0.3, -0.25) is 10.1 Å². The van der Waals surface area contributed by atoms with Crippen molar-refractivity contribution in [3.63, 3.8) is 0 Å². The van der Waals surface area contributed by atoms with E-state index in [1.807, 2.05) is 0 Å². The van der Waals surface area contributed by atoms with Crippen LogP contribution in [0.1, 0.15) is 5.56 Å². The van der Waals surface area contributed by atoms with Gasteiger partial charge in [-0.2, -0.15) is 11.8 Å². The van der Waals surface area contributed by atoms with Crippen LogP contribution in [0.4, 0.5) is 10.1 Å². The number of thioether (sulfide) groups is 1. The topological polar surface area (TPSA) is 83.6 Å². The molecule has 1 aromatic carbocycles. The van der Waals surface area contributed by atoms with Crippen molar-refractivity contribution in [3.05, 3.63) is 39.7 Å². The summed E-state index contributed by atoms with van der Waals surface area (Å²) in [6.07, 6.45) is -0.897. The van der Waals surface area contributed by atoms with Crippen molar-refractivity contribution >= 4 is 17.4 Å². The molecule has 0 aliphatic rings. The van der Waals surface area contributed by atoms with Crippen LogP contribution in [0.5, 0.6) is 0 Å². The molecule has 1 rings (SSSR count). The van der Waals surface area contributed by atoms with E-state index in [0.29, 0.717) is 0 Å². The minimum atomic E-state index is -0.897. The Hall–Kier alpha value is -1.18. The fraction of sp³-hybridized carbons (Fsp3) is 0.400. The molecule has 0 aliphatic heterocycles. The van der Waals surface area contributed by atoms with Gasteiger partial charge in [0.15, 0.2) is 0 Å². The van der Waals surface area contributed by atoms with Crippen molar-refractivity contribution in [3.8, 4) is 0 Å². The van der Waals surface area contributed by atoms with Gasteiger partial charge >= 0.3 is 0 Å². The van der Waals surface area contributed by atoms with E-state index in [0.717, 1.165) is 17.8 Å². The molecule has 0 saturated carbocycles. The molecule has 1 atom stereocenters. The van der Waals surface area contributed by atoms with E-state index in [9.17, 15) is 14.5 Å². The molecule has 0 bridgehead atoms. The zero-order valence-electron chi connectivity index (χ0n) is 8.88. The van der Waals surface area contributed by atoms with Crippen molar-refractivity contribution in [2.75, 3.05) is 12.4 Å². The number of halogens is 1. The summed E-state index contributed by atoms with van der Waals surface area (Å²) in [6, 6.07) is 3.68. The highest BCUT2D eigenvalue weighted by Gasteiger charge is 2.17. The van der Waals surface area contributed by atoms with Gasteiger partial charge in [-0.05, 0) is 6.07 Å². The Morgan fingerprint density at radius 3 is 2.82 bits per heavy atom. The van der Waals surface area contributed by atoms with Gasteiger partial charge in [-0.25, -0.2) is 4.39 Å². The van der Waals surface area contributed by atoms with Crippen LogP contribution in [-0.2, 0) is 5.75 Å². The summed E-state index contributed by atoms with van der Waals surface area (Å²) in [4.78, 5) is 10.0. The van der Waals surface area contributed by atoms with E-state index in [-0.39, 0.29) is 29.4 Å². The lowest BCUT2D eigenvalue weighted by Crippen LogP contribution is -2.14. The Bertz CT molecular complexity index is 402. The molecule has 0 heterocycles. The first-order valence-corrected chi connectivity index (χ1v) is 6.00. The summed E-state index contributed by atoms with van der Waals surface area (Å²) < 4.78 is 13.4. The summed E-state index contributed by atoms with van der Waals surface area (Å²) in [6.45, 7) is -0.383. The lowest BCUT2D eigenvalue weighted by atomic mass is 10.2. The van der Waals surface area contributed by atoms with Crippen molar-refractivity contribution < 1.29 is 19.5 Å². The predicted molar refractivity (Wildman–Crippen MR) is 62.3 cm³/mol. The maximum Gasteiger partial charge on any atom is 0.276 e. The number of nitro benzene ring substituents is 1. The minimum Gasteiger partial charge on any atom is -0.394 e. The molecule has 0 spiro atoms. The van der Waals surface area contributed by atoms with Crippen molar-refractivity contribution in [1.82, 2.24) is 0 Å². The van der Waals surface area contributed by atoms with E-state index in [2.05, 4.69) is 0 Å². The van der Waals surface area contributed by atoms with Crippen LogP contribution in [0.3, 0.4) is 0 Å². The Kier molecular flexibility index (Phi) is 5.33. The third kappa shape index (κ3) is 3.95. The molecule has 7 heteroatoms. The number of aliphatic hydroxyl groups is 2. The molecule has 0 aliphatic carbocycles. The van der Waals surface area contributed by atoms with Crippen molar-refractivity contribution in [2.24, 2.45) is 0 Å². The second-order valence-electron chi connectivity index (χ2n) is 3.35. The van der Waals surface area contributed by atoms with E-state index in [1.165, 1.54) is 12.1 Å². The second-order valence-corrected chi connectivity index (χ2v) is 4.38. The highest BCUT2D eigenvalue weighted by Crippen LogP contribution is 2.25. The number of aliphatic hydroxyl groups excluding tert-OH is 2. The van der Waals surface area contributed by atoms with Crippen LogP contribution < -0.4 is 0 Å². The monoisotopic (exact) mass is 261 g/mol. The highest BCUT2D eigenvalue weighted by atomic mass is 32.2. The first-order valence-electron chi connectivity index (χ1n) is 4.84. The van der Waals surface area contributed by atoms with Gasteiger partial charge in [-0.1, -0.05) is 6.07 Å². The largest absolute Gasteiger partial charge is 0.394 e. The average Bonchev–Trinajstić information content (AvgIpc) is 2.30. The molecule has 94 valence electrons. The number of hydrogen-bond acceptors (Lipinski definition) is 5. The number of nitro groups is 1. The van der Waals surface area contributed by atoms with Gasteiger partial charge in [-0.15, -0.1) is 0 Å². The first kappa shape index (κ1) is 13.9. The van der Waals surface area contributed by atoms with Gasteiger partial charge < -0.3 is 10.2 Å². The summed E-state index contributed by atoms with van der Waals surface area (Å²) in [5.74, 6) is -0.354. The van der Waals surface area contributed by atoms with E-state index in [1.54, 1.807) is 0 Å². The number of hydrogen-bond donors (Lipinski definition) is 2. The predicted octanol–water partition coefficient (Wildman–Crippen LogP) is 1.32. The lowest BCUT2D eigenvalue weighted by Gasteiger charge is -2.07. The molecule has 0 amide bonds. The molecule has 1 aromatic rings. The molecule has 0 fully saturated rings. The van der Waals surface area contributed by atoms with E-state index >= 15 is 0 Å². The molecule has 0 aromatic heterocycles. The minimum absolute atomic E-state index is 0.00707. The van der Waals surface area contributed by atoms with E-state index < -0.39 is 16.8 Å². The van der Waals surface area contributed by atoms with Gasteiger partial charge in [0.05, 0.1) is 23.2 Å². The normalized spacial score (nSPS) is 12.4. The summed E-state index contributed by atoms with van der Waals surface area (Å²) in [5, 5.41) is 28.3. The van der Waals surface area contributed by atoms with Crippen LogP contribution in [0, 0.1) is 15.9 Å². The summed E-state index contributed by atoms with van der Waals surface area (Å²) in [5.41, 5.74) is -0.261. The number of nitrogens with zero attached hydrogens (tertiary/aromatic N) is 1. The van der Waals surface area contributed by atoms with Gasteiger partial charge in [0.1, 0.15) is 5.82 Å². The Labute approximate surface area is 101 Å². The Morgan fingerprint density at radius 2 is 2.24 bits per heavy atom. The molecule has 0 saturated heterocycles. The second kappa shape index (κ2) is 6.53. The maximum atomic E-state index is 13.4. The van der Waals surface area contributed by atoms with Crippen molar-refractivity contribution in [1.29, 1.82) is 0 Å². The van der Waals surface area contributed by atoms with Gasteiger partial charge in [0.2, 0.25) is 0 Å².